The lowest BCUT2D eigenvalue weighted by molar-refractivity contribution is -0.150. The van der Waals surface area contributed by atoms with Crippen molar-refractivity contribution in [1.82, 2.24) is 4.90 Å². The Labute approximate surface area is 184 Å². The van der Waals surface area contributed by atoms with Crippen molar-refractivity contribution >= 4 is 18.0 Å². The van der Waals surface area contributed by atoms with Crippen molar-refractivity contribution in [3.63, 3.8) is 0 Å². The van der Waals surface area contributed by atoms with Crippen molar-refractivity contribution in [1.29, 1.82) is 0 Å². The van der Waals surface area contributed by atoms with Crippen LogP contribution in [0, 0.1) is 5.92 Å². The fourth-order valence-electron chi connectivity index (χ4n) is 2.89. The second-order valence-electron chi connectivity index (χ2n) is 8.11. The van der Waals surface area contributed by atoms with Gasteiger partial charge in [0.25, 0.3) is 0 Å². The molecule has 1 atom stereocenters. The van der Waals surface area contributed by atoms with Crippen LogP contribution in [0.15, 0.2) is 18.2 Å². The Balaban J connectivity index is 3.34. The number of ether oxygens (including phenoxy) is 3. The molecule has 1 rings (SSSR count). The Hall–Kier alpha value is -2.98. The second kappa shape index (κ2) is 11.1. The number of hydrogen-bond donors (Lipinski definition) is 1. The average molecular weight is 463 g/mol. The van der Waals surface area contributed by atoms with Gasteiger partial charge in [0, 0.05) is 6.54 Å². The minimum Gasteiger partial charge on any atom is -0.497 e. The second-order valence-corrected chi connectivity index (χ2v) is 8.11. The Bertz CT molecular complexity index is 819. The molecular formula is C21H28F3NO7. The van der Waals surface area contributed by atoms with Gasteiger partial charge >= 0.3 is 24.2 Å². The van der Waals surface area contributed by atoms with E-state index in [9.17, 15) is 27.6 Å². The normalized spacial score (nSPS) is 12.6. The van der Waals surface area contributed by atoms with Crippen LogP contribution in [0.2, 0.25) is 0 Å². The predicted molar refractivity (Wildman–Crippen MR) is 107 cm³/mol. The number of nitrogens with zero attached hydrogens (tertiary/aromatic N) is 1. The number of aliphatic carboxylic acids is 1. The van der Waals surface area contributed by atoms with E-state index in [-0.39, 0.29) is 12.0 Å². The minimum atomic E-state index is -4.69. The van der Waals surface area contributed by atoms with Crippen molar-refractivity contribution in [3.8, 4) is 5.75 Å². The van der Waals surface area contributed by atoms with Gasteiger partial charge in [0.1, 0.15) is 17.9 Å². The van der Waals surface area contributed by atoms with Gasteiger partial charge in [-0.25, -0.2) is 4.79 Å². The zero-order valence-corrected chi connectivity index (χ0v) is 18.6. The van der Waals surface area contributed by atoms with Crippen LogP contribution in [0.4, 0.5) is 18.0 Å². The molecule has 1 amide bonds. The van der Waals surface area contributed by atoms with Crippen LogP contribution in [-0.4, -0.2) is 60.6 Å². The monoisotopic (exact) mass is 463 g/mol. The Morgan fingerprint density at radius 2 is 1.72 bits per heavy atom. The minimum absolute atomic E-state index is 0.119. The number of carbonyl (C=O) groups excluding carboxylic acids is 2. The van der Waals surface area contributed by atoms with E-state index in [1.807, 2.05) is 0 Å². The van der Waals surface area contributed by atoms with Crippen molar-refractivity contribution in [2.45, 2.75) is 51.9 Å². The number of halogens is 3. The number of carbonyl (C=O) groups is 3. The van der Waals surface area contributed by atoms with Gasteiger partial charge in [-0.15, -0.1) is 0 Å². The van der Waals surface area contributed by atoms with Crippen LogP contribution >= 0.6 is 0 Å². The smallest absolute Gasteiger partial charge is 0.410 e. The number of alkyl halides is 3. The lowest BCUT2D eigenvalue weighted by Crippen LogP contribution is -2.41. The molecule has 0 saturated heterocycles. The molecule has 0 aliphatic rings. The highest BCUT2D eigenvalue weighted by atomic mass is 19.4. The topological polar surface area (TPSA) is 102 Å². The van der Waals surface area contributed by atoms with Crippen LogP contribution in [0.1, 0.15) is 38.3 Å². The fourth-order valence-corrected chi connectivity index (χ4v) is 2.89. The SMILES string of the molecule is COC(=O)C(CC(=O)O)Cc1ccc(OC)cc1CN(CC(F)(F)F)C(=O)OC(C)(C)C. The third kappa shape index (κ3) is 9.44. The summed E-state index contributed by atoms with van der Waals surface area (Å²) in [6.45, 7) is 2.53. The molecule has 0 aliphatic heterocycles. The van der Waals surface area contributed by atoms with Crippen LogP contribution < -0.4 is 4.74 Å². The van der Waals surface area contributed by atoms with Crippen LogP contribution in [0.5, 0.6) is 5.75 Å². The summed E-state index contributed by atoms with van der Waals surface area (Å²) in [5.41, 5.74) is -0.396. The first-order valence-electron chi connectivity index (χ1n) is 9.65. The Morgan fingerprint density at radius 3 is 2.19 bits per heavy atom. The molecule has 1 aromatic carbocycles. The van der Waals surface area contributed by atoms with Gasteiger partial charge in [0.15, 0.2) is 0 Å². The van der Waals surface area contributed by atoms with E-state index in [4.69, 9.17) is 14.6 Å². The van der Waals surface area contributed by atoms with E-state index >= 15 is 0 Å². The molecule has 1 N–H and O–H groups in total. The molecule has 11 heteroatoms. The number of carboxylic acid groups (broad SMARTS) is 1. The third-order valence-electron chi connectivity index (χ3n) is 4.22. The quantitative estimate of drug-likeness (QED) is 0.556. The van der Waals surface area contributed by atoms with E-state index < -0.39 is 55.2 Å². The van der Waals surface area contributed by atoms with Gasteiger partial charge < -0.3 is 19.3 Å². The first-order valence-corrected chi connectivity index (χ1v) is 9.65. The molecule has 0 spiro atoms. The summed E-state index contributed by atoms with van der Waals surface area (Å²) in [6.07, 6.45) is -6.50. The first kappa shape index (κ1) is 27.1. The number of hydrogen-bond acceptors (Lipinski definition) is 6. The molecule has 1 aromatic rings. The lowest BCUT2D eigenvalue weighted by Gasteiger charge is -2.29. The number of carboxylic acids is 1. The maximum Gasteiger partial charge on any atom is 0.410 e. The summed E-state index contributed by atoms with van der Waals surface area (Å²) in [6, 6.07) is 4.46. The number of methoxy groups -OCH3 is 2. The summed E-state index contributed by atoms with van der Waals surface area (Å²) >= 11 is 0. The van der Waals surface area contributed by atoms with Gasteiger partial charge in [-0.05, 0) is 50.5 Å². The number of rotatable bonds is 9. The fraction of sp³-hybridized carbons (Fsp3) is 0.571. The summed E-state index contributed by atoms with van der Waals surface area (Å²) in [7, 11) is 2.47. The number of esters is 1. The van der Waals surface area contributed by atoms with Gasteiger partial charge in [0.2, 0.25) is 0 Å². The van der Waals surface area contributed by atoms with Crippen molar-refractivity contribution in [2.24, 2.45) is 5.92 Å². The number of benzene rings is 1. The molecule has 0 fully saturated rings. The molecule has 0 saturated carbocycles. The van der Waals surface area contributed by atoms with Crippen molar-refractivity contribution in [2.75, 3.05) is 20.8 Å². The zero-order chi connectivity index (χ0) is 24.7. The molecule has 1 unspecified atom stereocenters. The first-order chi connectivity index (χ1) is 14.6. The molecule has 0 aliphatic carbocycles. The van der Waals surface area contributed by atoms with Gasteiger partial charge in [0.05, 0.1) is 26.6 Å². The van der Waals surface area contributed by atoms with Gasteiger partial charge in [-0.2, -0.15) is 13.2 Å². The largest absolute Gasteiger partial charge is 0.497 e. The summed E-state index contributed by atoms with van der Waals surface area (Å²) in [5, 5.41) is 9.09. The van der Waals surface area contributed by atoms with Crippen LogP contribution in [0.25, 0.3) is 0 Å². The van der Waals surface area contributed by atoms with E-state index in [0.29, 0.717) is 16.2 Å². The molecule has 0 heterocycles. The highest BCUT2D eigenvalue weighted by Gasteiger charge is 2.35. The van der Waals surface area contributed by atoms with E-state index in [0.717, 1.165) is 7.11 Å². The van der Waals surface area contributed by atoms with Gasteiger partial charge in [-0.1, -0.05) is 6.07 Å². The standard InChI is InChI=1S/C21H28F3NO7/c1-20(2,3)32-19(29)25(12-21(22,23)24)11-15-9-16(30-4)7-6-13(15)8-14(10-17(26)27)18(28)31-5/h6-7,9,14H,8,10-12H2,1-5H3,(H,26,27). The van der Waals surface area contributed by atoms with E-state index in [1.54, 1.807) is 0 Å². The van der Waals surface area contributed by atoms with E-state index in [1.165, 1.54) is 46.1 Å². The van der Waals surface area contributed by atoms with Crippen LogP contribution in [-0.2, 0) is 32.0 Å². The van der Waals surface area contributed by atoms with Crippen LogP contribution in [0.3, 0.4) is 0 Å². The average Bonchev–Trinajstić information content (AvgIpc) is 2.64. The molecule has 0 aromatic heterocycles. The maximum absolute atomic E-state index is 13.2. The summed E-state index contributed by atoms with van der Waals surface area (Å²) < 4.78 is 54.3. The molecule has 32 heavy (non-hydrogen) atoms. The predicted octanol–water partition coefficient (Wildman–Crippen LogP) is 3.80. The summed E-state index contributed by atoms with van der Waals surface area (Å²) in [4.78, 5) is 36.1. The van der Waals surface area contributed by atoms with E-state index in [2.05, 4.69) is 4.74 Å². The molecule has 8 nitrogen and oxygen atoms in total. The molecule has 0 bridgehead atoms. The maximum atomic E-state index is 13.2. The molecular weight excluding hydrogens is 435 g/mol. The molecule has 180 valence electrons. The third-order valence-corrected chi connectivity index (χ3v) is 4.22. The lowest BCUT2D eigenvalue weighted by atomic mass is 9.92. The van der Waals surface area contributed by atoms with Gasteiger partial charge in [-0.3, -0.25) is 14.5 Å². The Morgan fingerprint density at radius 1 is 1.09 bits per heavy atom. The highest BCUT2D eigenvalue weighted by molar-refractivity contribution is 5.79. The number of amides is 1. The highest BCUT2D eigenvalue weighted by Crippen LogP contribution is 2.26. The van der Waals surface area contributed by atoms with Crippen molar-refractivity contribution < 1.29 is 46.9 Å². The van der Waals surface area contributed by atoms with Crippen molar-refractivity contribution in [3.05, 3.63) is 29.3 Å². The zero-order valence-electron chi connectivity index (χ0n) is 18.6. The molecule has 0 radical (unpaired) electrons. The summed E-state index contributed by atoms with van der Waals surface area (Å²) in [5.74, 6) is -2.76. The Kier molecular flexibility index (Phi) is 9.35.